The molecule has 13 heteroatoms. The zero-order valence-electron chi connectivity index (χ0n) is 20.3. The molecule has 2 unspecified atom stereocenters. The number of fused-ring (bicyclic) bond motifs is 6. The molecule has 4 atom stereocenters. The molecule has 4 aliphatic rings. The van der Waals surface area contributed by atoms with Crippen LogP contribution in [0.25, 0.3) is 0 Å². The number of aliphatic hydroxyl groups is 1. The van der Waals surface area contributed by atoms with Gasteiger partial charge in [0, 0.05) is 24.2 Å². The Labute approximate surface area is 219 Å². The number of carbonyl (C=O) groups is 1. The van der Waals surface area contributed by atoms with Gasteiger partial charge in [-0.2, -0.15) is 8.42 Å². The quantitative estimate of drug-likeness (QED) is 0.510. The summed E-state index contributed by atoms with van der Waals surface area (Å²) in [5.74, 6) is -1.38. The van der Waals surface area contributed by atoms with Crippen molar-refractivity contribution >= 4 is 43.2 Å². The smallest absolute Gasteiger partial charge is 0.286 e. The van der Waals surface area contributed by atoms with E-state index in [-0.39, 0.29) is 63.8 Å². The van der Waals surface area contributed by atoms with Gasteiger partial charge in [-0.3, -0.25) is 9.52 Å². The number of carbonyl (C=O) groups excluding carboxylic acids is 1. The van der Waals surface area contributed by atoms with Crippen molar-refractivity contribution in [3.05, 3.63) is 65.2 Å². The standard InChI is InChI=1S/C25H25FN4O6S2/c1-37(33,34)28-17-8-9-18-19(11-17)38(35,36)29-24(27-18)21-23(31)20-14-4-5-15(10-14)22(20)30(25(21)32)12-13-2-6-16(26)7-3-13/h2-3,6-9,11,14-15,20,22,28,31H,4-5,10,12H2,1H3,(H,27,29)/t14?,15?,20-,22+/m1/s1. The molecule has 1 amide bonds. The molecular formula is C25H25FN4O6S2. The molecular weight excluding hydrogens is 535 g/mol. The van der Waals surface area contributed by atoms with Crippen LogP contribution in [0.4, 0.5) is 15.8 Å². The minimum atomic E-state index is -4.35. The van der Waals surface area contributed by atoms with Gasteiger partial charge in [-0.05, 0) is 67.0 Å². The van der Waals surface area contributed by atoms with Crippen molar-refractivity contribution in [2.24, 2.45) is 22.2 Å². The second kappa shape index (κ2) is 8.53. The van der Waals surface area contributed by atoms with Crippen LogP contribution in [-0.4, -0.2) is 50.9 Å². The fourth-order valence-corrected chi connectivity index (χ4v) is 8.08. The second-order valence-corrected chi connectivity index (χ2v) is 13.6. The van der Waals surface area contributed by atoms with Crippen LogP contribution < -0.4 is 10.0 Å². The minimum absolute atomic E-state index is 0.0429. The molecule has 2 aliphatic carbocycles. The summed E-state index contributed by atoms with van der Waals surface area (Å²) in [4.78, 5) is 15.3. The largest absolute Gasteiger partial charge is 0.511 e. The molecule has 2 bridgehead atoms. The monoisotopic (exact) mass is 560 g/mol. The molecule has 0 aromatic heterocycles. The molecule has 2 heterocycles. The predicted octanol–water partition coefficient (Wildman–Crippen LogP) is 2.98. The number of nitrogens with one attached hydrogen (secondary N) is 2. The van der Waals surface area contributed by atoms with Gasteiger partial charge in [0.2, 0.25) is 10.0 Å². The molecule has 38 heavy (non-hydrogen) atoms. The van der Waals surface area contributed by atoms with E-state index in [0.717, 1.165) is 31.6 Å². The first-order chi connectivity index (χ1) is 17.9. The molecule has 2 aromatic carbocycles. The first kappa shape index (κ1) is 24.9. The van der Waals surface area contributed by atoms with Crippen LogP contribution in [-0.2, 0) is 31.4 Å². The van der Waals surface area contributed by atoms with E-state index in [1.54, 1.807) is 17.0 Å². The Hall–Kier alpha value is -3.45. The van der Waals surface area contributed by atoms with Gasteiger partial charge in [0.25, 0.3) is 15.9 Å². The van der Waals surface area contributed by atoms with E-state index in [1.165, 1.54) is 24.3 Å². The normalized spacial score (nSPS) is 27.5. The molecule has 0 saturated heterocycles. The molecule has 0 spiro atoms. The van der Waals surface area contributed by atoms with Crippen LogP contribution in [0.1, 0.15) is 24.8 Å². The average molecular weight is 561 g/mol. The molecule has 200 valence electrons. The second-order valence-electron chi connectivity index (χ2n) is 10.3. The number of halogens is 1. The number of hydrogen-bond donors (Lipinski definition) is 3. The van der Waals surface area contributed by atoms with Crippen LogP contribution in [0.15, 0.2) is 63.1 Å². The number of sulfonamides is 2. The van der Waals surface area contributed by atoms with Crippen molar-refractivity contribution in [2.45, 2.75) is 36.7 Å². The number of aliphatic hydroxyl groups excluding tert-OH is 1. The summed E-state index contributed by atoms with van der Waals surface area (Å²) < 4.78 is 69.0. The van der Waals surface area contributed by atoms with Crippen LogP contribution in [0.5, 0.6) is 0 Å². The third-order valence-corrected chi connectivity index (χ3v) is 9.73. The third kappa shape index (κ3) is 4.13. The minimum Gasteiger partial charge on any atom is -0.511 e. The van der Waals surface area contributed by atoms with E-state index in [2.05, 4.69) is 14.4 Å². The van der Waals surface area contributed by atoms with Crippen molar-refractivity contribution in [3.63, 3.8) is 0 Å². The van der Waals surface area contributed by atoms with E-state index in [1.807, 2.05) is 0 Å². The number of hydrogen-bond acceptors (Lipinski definition) is 7. The molecule has 0 radical (unpaired) electrons. The number of amides is 1. The van der Waals surface area contributed by atoms with Gasteiger partial charge < -0.3 is 15.3 Å². The molecule has 2 fully saturated rings. The van der Waals surface area contributed by atoms with E-state index in [4.69, 9.17) is 0 Å². The van der Waals surface area contributed by atoms with Crippen molar-refractivity contribution in [1.82, 2.24) is 4.90 Å². The summed E-state index contributed by atoms with van der Waals surface area (Å²) in [5, 5.41) is 14.3. The zero-order chi connectivity index (χ0) is 27.0. The molecule has 2 saturated carbocycles. The summed E-state index contributed by atoms with van der Waals surface area (Å²) >= 11 is 0. The van der Waals surface area contributed by atoms with Gasteiger partial charge in [0.1, 0.15) is 22.0 Å². The highest BCUT2D eigenvalue weighted by Gasteiger charge is 2.57. The molecule has 2 aromatic rings. The fourth-order valence-electron chi connectivity index (χ4n) is 6.38. The van der Waals surface area contributed by atoms with Gasteiger partial charge in [-0.25, -0.2) is 12.8 Å². The maximum absolute atomic E-state index is 13.9. The van der Waals surface area contributed by atoms with Crippen LogP contribution >= 0.6 is 0 Å². The number of rotatable bonds is 5. The maximum atomic E-state index is 13.9. The highest BCUT2D eigenvalue weighted by atomic mass is 32.2. The lowest BCUT2D eigenvalue weighted by molar-refractivity contribution is -0.134. The topological polar surface area (TPSA) is 145 Å². The Kier molecular flexibility index (Phi) is 5.58. The summed E-state index contributed by atoms with van der Waals surface area (Å²) in [6, 6.07) is 9.49. The van der Waals surface area contributed by atoms with E-state index in [9.17, 15) is 31.1 Å². The molecule has 3 N–H and O–H groups in total. The average Bonchev–Trinajstić information content (AvgIpc) is 3.45. The lowest BCUT2D eigenvalue weighted by Gasteiger charge is -2.44. The van der Waals surface area contributed by atoms with Crippen LogP contribution in [0.3, 0.4) is 0 Å². The third-order valence-electron chi connectivity index (χ3n) is 7.81. The van der Waals surface area contributed by atoms with Crippen molar-refractivity contribution < 1.29 is 31.1 Å². The summed E-state index contributed by atoms with van der Waals surface area (Å²) in [5.41, 5.74) is 0.654. The van der Waals surface area contributed by atoms with E-state index in [0.29, 0.717) is 5.56 Å². The summed E-state index contributed by atoms with van der Waals surface area (Å²) in [6.45, 7) is 0.178. The zero-order valence-corrected chi connectivity index (χ0v) is 21.9. The van der Waals surface area contributed by atoms with Crippen molar-refractivity contribution in [1.29, 1.82) is 0 Å². The van der Waals surface area contributed by atoms with E-state index < -0.39 is 31.8 Å². The SMILES string of the molecule is CS(=O)(=O)Nc1ccc2c(c1)S(=O)(=O)N=C(C1=C(O)[C@@H]3C4CCC(C4)[C@@H]3N(Cc3ccc(F)cc3)C1=O)N2. The molecule has 10 nitrogen and oxygen atoms in total. The van der Waals surface area contributed by atoms with Gasteiger partial charge in [-0.15, -0.1) is 4.40 Å². The number of anilines is 2. The van der Waals surface area contributed by atoms with Gasteiger partial charge in [-0.1, -0.05) is 12.1 Å². The number of benzene rings is 2. The Balaban J connectivity index is 1.41. The highest BCUT2D eigenvalue weighted by molar-refractivity contribution is 7.92. The van der Waals surface area contributed by atoms with Gasteiger partial charge in [0.05, 0.1) is 11.9 Å². The Morgan fingerprint density at radius 3 is 2.58 bits per heavy atom. The Morgan fingerprint density at radius 1 is 1.16 bits per heavy atom. The highest BCUT2D eigenvalue weighted by Crippen LogP contribution is 2.55. The van der Waals surface area contributed by atoms with Crippen molar-refractivity contribution in [2.75, 3.05) is 16.3 Å². The maximum Gasteiger partial charge on any atom is 0.286 e. The summed E-state index contributed by atoms with van der Waals surface area (Å²) in [6.07, 6.45) is 3.64. The summed E-state index contributed by atoms with van der Waals surface area (Å²) in [7, 11) is -7.99. The molecule has 2 aliphatic heterocycles. The lowest BCUT2D eigenvalue weighted by atomic mass is 9.77. The first-order valence-corrected chi connectivity index (χ1v) is 15.5. The fraction of sp³-hybridized carbons (Fsp3) is 0.360. The number of amidine groups is 1. The first-order valence-electron chi connectivity index (χ1n) is 12.1. The lowest BCUT2D eigenvalue weighted by Crippen LogP contribution is -2.53. The van der Waals surface area contributed by atoms with Crippen LogP contribution in [0.2, 0.25) is 0 Å². The van der Waals surface area contributed by atoms with Crippen molar-refractivity contribution in [3.8, 4) is 0 Å². The molecule has 6 rings (SSSR count). The number of nitrogens with zero attached hydrogens (tertiary/aromatic N) is 2. The van der Waals surface area contributed by atoms with Crippen LogP contribution in [0, 0.1) is 23.6 Å². The van der Waals surface area contributed by atoms with Gasteiger partial charge >= 0.3 is 0 Å². The van der Waals surface area contributed by atoms with E-state index >= 15 is 0 Å². The Bertz CT molecular complexity index is 1640. The Morgan fingerprint density at radius 2 is 1.87 bits per heavy atom. The predicted molar refractivity (Wildman–Crippen MR) is 138 cm³/mol. The van der Waals surface area contributed by atoms with Gasteiger partial charge in [0.15, 0.2) is 5.84 Å².